The number of nitrogens with one attached hydrogen (secondary N) is 1. The Hall–Kier alpha value is -1.63. The molecule has 2 amide bonds. The molecule has 0 aromatic carbocycles. The SMILES string of the molecule is COCCCn1cnnc1C(C)NC(=O)N1CCC2(CCCCCC2)C1. The highest BCUT2D eigenvalue weighted by molar-refractivity contribution is 5.75. The first-order valence-electron chi connectivity index (χ1n) is 10.1. The van der Waals surface area contributed by atoms with E-state index in [2.05, 4.69) is 15.5 Å². The molecule has 2 fully saturated rings. The normalized spacial score (nSPS) is 20.9. The van der Waals surface area contributed by atoms with E-state index in [1.165, 1.54) is 38.5 Å². The second-order valence-corrected chi connectivity index (χ2v) is 7.99. The maximum atomic E-state index is 12.8. The summed E-state index contributed by atoms with van der Waals surface area (Å²) in [7, 11) is 1.70. The number of amides is 2. The number of rotatable bonds is 6. The summed E-state index contributed by atoms with van der Waals surface area (Å²) in [5.74, 6) is 0.804. The van der Waals surface area contributed by atoms with Crippen molar-refractivity contribution in [2.24, 2.45) is 5.41 Å². The predicted octanol–water partition coefficient (Wildman–Crippen LogP) is 3.13. The highest BCUT2D eigenvalue weighted by Gasteiger charge is 2.40. The number of carbonyl (C=O) groups is 1. The van der Waals surface area contributed by atoms with E-state index in [1.807, 2.05) is 16.4 Å². The first-order chi connectivity index (χ1) is 12.6. The predicted molar refractivity (Wildman–Crippen MR) is 99.8 cm³/mol. The van der Waals surface area contributed by atoms with Crippen LogP contribution in [0.2, 0.25) is 0 Å². The molecule has 1 aliphatic carbocycles. The number of methoxy groups -OCH3 is 1. The summed E-state index contributed by atoms with van der Waals surface area (Å²) in [4.78, 5) is 14.8. The van der Waals surface area contributed by atoms with Gasteiger partial charge in [0.1, 0.15) is 6.33 Å². The number of carbonyl (C=O) groups excluding carboxylic acids is 1. The molecule has 7 nitrogen and oxygen atoms in total. The molecule has 7 heteroatoms. The lowest BCUT2D eigenvalue weighted by Crippen LogP contribution is -2.41. The summed E-state index contributed by atoms with van der Waals surface area (Å²) in [5.41, 5.74) is 0.372. The third-order valence-corrected chi connectivity index (χ3v) is 6.01. The summed E-state index contributed by atoms with van der Waals surface area (Å²) in [6.07, 6.45) is 11.7. The van der Waals surface area contributed by atoms with Crippen molar-refractivity contribution in [1.29, 1.82) is 0 Å². The van der Waals surface area contributed by atoms with Crippen LogP contribution in [0.4, 0.5) is 4.79 Å². The average Bonchev–Trinajstić information content (AvgIpc) is 3.19. The summed E-state index contributed by atoms with van der Waals surface area (Å²) in [5, 5.41) is 11.3. The van der Waals surface area contributed by atoms with Crippen molar-refractivity contribution in [3.8, 4) is 0 Å². The van der Waals surface area contributed by atoms with Crippen LogP contribution in [-0.4, -0.2) is 52.5 Å². The Labute approximate surface area is 156 Å². The molecule has 1 saturated carbocycles. The Kier molecular flexibility index (Phi) is 6.51. The van der Waals surface area contributed by atoms with Gasteiger partial charge in [0.2, 0.25) is 0 Å². The minimum Gasteiger partial charge on any atom is -0.385 e. The topological polar surface area (TPSA) is 72.3 Å². The number of hydrogen-bond acceptors (Lipinski definition) is 4. The highest BCUT2D eigenvalue weighted by atomic mass is 16.5. The van der Waals surface area contributed by atoms with Crippen molar-refractivity contribution in [3.05, 3.63) is 12.2 Å². The summed E-state index contributed by atoms with van der Waals surface area (Å²) in [6.45, 7) is 5.26. The molecule has 1 spiro atoms. The Morgan fingerprint density at radius 2 is 2.08 bits per heavy atom. The number of aromatic nitrogens is 3. The fraction of sp³-hybridized carbons (Fsp3) is 0.842. The number of likely N-dealkylation sites (tertiary alicyclic amines) is 1. The van der Waals surface area contributed by atoms with E-state index in [4.69, 9.17) is 4.74 Å². The van der Waals surface area contributed by atoms with Crippen molar-refractivity contribution < 1.29 is 9.53 Å². The van der Waals surface area contributed by atoms with Gasteiger partial charge >= 0.3 is 6.03 Å². The molecule has 1 atom stereocenters. The molecule has 0 radical (unpaired) electrons. The van der Waals surface area contributed by atoms with Crippen molar-refractivity contribution in [3.63, 3.8) is 0 Å². The van der Waals surface area contributed by atoms with Crippen molar-refractivity contribution in [1.82, 2.24) is 25.0 Å². The van der Waals surface area contributed by atoms with Crippen LogP contribution < -0.4 is 5.32 Å². The van der Waals surface area contributed by atoms with Gasteiger partial charge in [-0.1, -0.05) is 25.7 Å². The zero-order valence-corrected chi connectivity index (χ0v) is 16.2. The maximum absolute atomic E-state index is 12.8. The second-order valence-electron chi connectivity index (χ2n) is 7.99. The van der Waals surface area contributed by atoms with E-state index in [-0.39, 0.29) is 12.1 Å². The maximum Gasteiger partial charge on any atom is 0.317 e. The van der Waals surface area contributed by atoms with Gasteiger partial charge in [-0.15, -0.1) is 10.2 Å². The van der Waals surface area contributed by atoms with Gasteiger partial charge in [-0.3, -0.25) is 0 Å². The minimum atomic E-state index is -0.154. The van der Waals surface area contributed by atoms with E-state index in [9.17, 15) is 4.79 Å². The molecule has 0 bridgehead atoms. The first kappa shape index (κ1) is 19.1. The molecule has 26 heavy (non-hydrogen) atoms. The number of ether oxygens (including phenoxy) is 1. The van der Waals surface area contributed by atoms with Crippen LogP contribution >= 0.6 is 0 Å². The third-order valence-electron chi connectivity index (χ3n) is 6.01. The molecule has 1 saturated heterocycles. The molecular weight excluding hydrogens is 330 g/mol. The molecule has 146 valence electrons. The van der Waals surface area contributed by atoms with E-state index in [0.29, 0.717) is 12.0 Å². The quantitative estimate of drug-likeness (QED) is 0.788. The lowest BCUT2D eigenvalue weighted by Gasteiger charge is -2.28. The van der Waals surface area contributed by atoms with Gasteiger partial charge in [-0.2, -0.15) is 0 Å². The number of nitrogens with zero attached hydrogens (tertiary/aromatic N) is 4. The summed E-state index contributed by atoms with van der Waals surface area (Å²) >= 11 is 0. The fourth-order valence-electron chi connectivity index (χ4n) is 4.49. The van der Waals surface area contributed by atoms with Gasteiger partial charge in [-0.05, 0) is 38.0 Å². The van der Waals surface area contributed by atoms with Crippen LogP contribution in [0.25, 0.3) is 0 Å². The Morgan fingerprint density at radius 1 is 1.31 bits per heavy atom. The van der Waals surface area contributed by atoms with E-state index < -0.39 is 0 Å². The smallest absolute Gasteiger partial charge is 0.317 e. The van der Waals surface area contributed by atoms with Gasteiger partial charge in [-0.25, -0.2) is 4.79 Å². The standard InChI is InChI=1S/C19H33N5O2/c1-16(17-22-20-15-24(17)11-7-13-26-2)21-18(25)23-12-10-19(14-23)8-5-3-4-6-9-19/h15-16H,3-14H2,1-2H3,(H,21,25). The summed E-state index contributed by atoms with van der Waals surface area (Å²) < 4.78 is 7.11. The number of hydrogen-bond donors (Lipinski definition) is 1. The van der Waals surface area contributed by atoms with E-state index in [0.717, 1.165) is 38.3 Å². The van der Waals surface area contributed by atoms with Crippen LogP contribution in [0.3, 0.4) is 0 Å². The van der Waals surface area contributed by atoms with Crippen LogP contribution in [0.15, 0.2) is 6.33 Å². The van der Waals surface area contributed by atoms with Gasteiger partial charge < -0.3 is 19.5 Å². The molecule has 1 N–H and O–H groups in total. The fourth-order valence-corrected chi connectivity index (χ4v) is 4.49. The van der Waals surface area contributed by atoms with Crippen LogP contribution in [0.5, 0.6) is 0 Å². The molecular formula is C19H33N5O2. The van der Waals surface area contributed by atoms with Crippen LogP contribution in [0, 0.1) is 5.41 Å². The highest BCUT2D eigenvalue weighted by Crippen LogP contribution is 2.42. The minimum absolute atomic E-state index is 0.0325. The summed E-state index contributed by atoms with van der Waals surface area (Å²) in [6, 6.07) is -0.122. The Bertz CT molecular complexity index is 580. The Balaban J connectivity index is 1.54. The van der Waals surface area contributed by atoms with Gasteiger partial charge in [0, 0.05) is 33.4 Å². The van der Waals surface area contributed by atoms with Crippen LogP contribution in [0.1, 0.15) is 70.2 Å². The second kappa shape index (κ2) is 8.84. The lowest BCUT2D eigenvalue weighted by molar-refractivity contribution is 0.187. The molecule has 1 aliphatic heterocycles. The zero-order valence-electron chi connectivity index (χ0n) is 16.2. The monoisotopic (exact) mass is 363 g/mol. The molecule has 2 aliphatic rings. The van der Waals surface area contributed by atoms with Gasteiger partial charge in [0.25, 0.3) is 0 Å². The largest absolute Gasteiger partial charge is 0.385 e. The average molecular weight is 364 g/mol. The molecule has 3 rings (SSSR count). The molecule has 1 unspecified atom stereocenters. The first-order valence-corrected chi connectivity index (χ1v) is 10.1. The van der Waals surface area contributed by atoms with Gasteiger partial charge in [0.15, 0.2) is 5.82 Å². The van der Waals surface area contributed by atoms with Gasteiger partial charge in [0.05, 0.1) is 6.04 Å². The third kappa shape index (κ3) is 4.55. The van der Waals surface area contributed by atoms with Crippen molar-refractivity contribution in [2.75, 3.05) is 26.8 Å². The molecule has 1 aromatic rings. The molecule has 2 heterocycles. The van der Waals surface area contributed by atoms with E-state index in [1.54, 1.807) is 13.4 Å². The Morgan fingerprint density at radius 3 is 2.81 bits per heavy atom. The van der Waals surface area contributed by atoms with Crippen molar-refractivity contribution in [2.45, 2.75) is 70.9 Å². The number of urea groups is 1. The zero-order chi connectivity index (χ0) is 18.4. The number of aryl methyl sites for hydroxylation is 1. The van der Waals surface area contributed by atoms with E-state index >= 15 is 0 Å². The molecule has 1 aromatic heterocycles. The van der Waals surface area contributed by atoms with Crippen molar-refractivity contribution >= 4 is 6.03 Å². The lowest BCUT2D eigenvalue weighted by atomic mass is 9.80. The van der Waals surface area contributed by atoms with Crippen LogP contribution in [-0.2, 0) is 11.3 Å².